The van der Waals surface area contributed by atoms with E-state index in [4.69, 9.17) is 9.29 Å². The molecular formula is C26H38O5S. The van der Waals surface area contributed by atoms with E-state index in [0.29, 0.717) is 5.75 Å². The lowest BCUT2D eigenvalue weighted by Crippen LogP contribution is -1.99. The number of aryl methyl sites for hydroxylation is 1. The number of para-hydroxylation sites is 1. The zero-order valence-corrected chi connectivity index (χ0v) is 20.1. The van der Waals surface area contributed by atoms with Gasteiger partial charge in [0.05, 0.1) is 0 Å². The van der Waals surface area contributed by atoms with Crippen molar-refractivity contribution in [2.45, 2.75) is 95.3 Å². The molecule has 2 rings (SSSR count). The second-order valence-corrected chi connectivity index (χ2v) is 9.85. The average molecular weight is 463 g/mol. The van der Waals surface area contributed by atoms with Crippen LogP contribution in [-0.2, 0) is 16.5 Å². The van der Waals surface area contributed by atoms with Gasteiger partial charge in [-0.3, -0.25) is 4.55 Å². The SMILES string of the molecule is CCCCCCCCCCCCCCc1ccc(Oc2cccc(S(=O)(=O)O)c2O)cc1. The topological polar surface area (TPSA) is 83.8 Å². The van der Waals surface area contributed by atoms with Crippen LogP contribution in [0.15, 0.2) is 47.4 Å². The van der Waals surface area contributed by atoms with Crippen molar-refractivity contribution in [1.29, 1.82) is 0 Å². The molecule has 0 heterocycles. The molecule has 0 fully saturated rings. The number of phenolic OH excluding ortho intramolecular Hbond substituents is 1. The highest BCUT2D eigenvalue weighted by Crippen LogP contribution is 2.35. The molecule has 32 heavy (non-hydrogen) atoms. The van der Waals surface area contributed by atoms with Crippen molar-refractivity contribution < 1.29 is 22.8 Å². The van der Waals surface area contributed by atoms with Gasteiger partial charge in [0.1, 0.15) is 10.6 Å². The van der Waals surface area contributed by atoms with E-state index < -0.39 is 20.8 Å². The molecule has 0 radical (unpaired) electrons. The summed E-state index contributed by atoms with van der Waals surface area (Å²) in [5, 5.41) is 10.1. The summed E-state index contributed by atoms with van der Waals surface area (Å²) in [7, 11) is -4.51. The van der Waals surface area contributed by atoms with E-state index in [0.717, 1.165) is 18.9 Å². The van der Waals surface area contributed by atoms with Gasteiger partial charge < -0.3 is 9.84 Å². The Hall–Kier alpha value is -2.05. The Morgan fingerprint density at radius 3 is 1.81 bits per heavy atom. The Bertz CT molecular complexity index is 891. The molecule has 2 N–H and O–H groups in total. The van der Waals surface area contributed by atoms with Crippen molar-refractivity contribution >= 4 is 10.1 Å². The Balaban J connectivity index is 1.64. The summed E-state index contributed by atoms with van der Waals surface area (Å²) in [5.41, 5.74) is 1.22. The summed E-state index contributed by atoms with van der Waals surface area (Å²) in [5.74, 6) is -0.129. The Morgan fingerprint density at radius 2 is 1.28 bits per heavy atom. The summed E-state index contributed by atoms with van der Waals surface area (Å²) in [6.45, 7) is 2.26. The highest BCUT2D eigenvalue weighted by atomic mass is 32.2. The number of phenols is 1. The van der Waals surface area contributed by atoms with E-state index in [1.165, 1.54) is 88.3 Å². The molecule has 0 saturated carbocycles. The highest BCUT2D eigenvalue weighted by Gasteiger charge is 2.19. The average Bonchev–Trinajstić information content (AvgIpc) is 2.76. The monoisotopic (exact) mass is 462 g/mol. The van der Waals surface area contributed by atoms with Gasteiger partial charge in [-0.1, -0.05) is 95.8 Å². The van der Waals surface area contributed by atoms with Crippen molar-refractivity contribution in [1.82, 2.24) is 0 Å². The molecule has 0 bridgehead atoms. The van der Waals surface area contributed by atoms with Crippen LogP contribution in [0, 0.1) is 0 Å². The van der Waals surface area contributed by atoms with Crippen LogP contribution in [-0.4, -0.2) is 18.1 Å². The lowest BCUT2D eigenvalue weighted by atomic mass is 10.0. The van der Waals surface area contributed by atoms with E-state index >= 15 is 0 Å². The van der Waals surface area contributed by atoms with Gasteiger partial charge in [0.2, 0.25) is 0 Å². The van der Waals surface area contributed by atoms with Crippen molar-refractivity contribution in [3.63, 3.8) is 0 Å². The molecule has 0 aromatic heterocycles. The Morgan fingerprint density at radius 1 is 0.750 bits per heavy atom. The fourth-order valence-electron chi connectivity index (χ4n) is 3.81. The van der Waals surface area contributed by atoms with Crippen LogP contribution in [0.4, 0.5) is 0 Å². The summed E-state index contributed by atoms with van der Waals surface area (Å²) >= 11 is 0. The second-order valence-electron chi connectivity index (χ2n) is 8.46. The molecule has 6 heteroatoms. The van der Waals surface area contributed by atoms with Crippen LogP contribution in [0.3, 0.4) is 0 Å². The number of hydrogen-bond donors (Lipinski definition) is 2. The van der Waals surface area contributed by atoms with Crippen LogP contribution in [0.25, 0.3) is 0 Å². The minimum Gasteiger partial charge on any atom is -0.503 e. The fraction of sp³-hybridized carbons (Fsp3) is 0.538. The molecule has 178 valence electrons. The van der Waals surface area contributed by atoms with E-state index in [1.807, 2.05) is 12.1 Å². The van der Waals surface area contributed by atoms with Crippen molar-refractivity contribution in [3.05, 3.63) is 48.0 Å². The molecular weight excluding hydrogens is 424 g/mol. The minimum absolute atomic E-state index is 0.0196. The lowest BCUT2D eigenvalue weighted by molar-refractivity contribution is 0.395. The molecule has 2 aromatic rings. The number of unbranched alkanes of at least 4 members (excludes halogenated alkanes) is 11. The quantitative estimate of drug-likeness (QED) is 0.197. The fourth-order valence-corrected chi connectivity index (χ4v) is 4.41. The largest absolute Gasteiger partial charge is 0.503 e. The maximum Gasteiger partial charge on any atom is 0.298 e. The van der Waals surface area contributed by atoms with Crippen molar-refractivity contribution in [3.8, 4) is 17.2 Å². The van der Waals surface area contributed by atoms with E-state index in [9.17, 15) is 13.5 Å². The zero-order chi connectivity index (χ0) is 23.2. The molecule has 0 unspecified atom stereocenters. The maximum absolute atomic E-state index is 11.3. The van der Waals surface area contributed by atoms with Crippen molar-refractivity contribution in [2.75, 3.05) is 0 Å². The third-order valence-electron chi connectivity index (χ3n) is 5.71. The van der Waals surface area contributed by atoms with Crippen LogP contribution < -0.4 is 4.74 Å². The third kappa shape index (κ3) is 9.61. The first-order valence-corrected chi connectivity index (χ1v) is 13.4. The summed E-state index contributed by atoms with van der Waals surface area (Å²) < 4.78 is 37.4. The smallest absolute Gasteiger partial charge is 0.298 e. The van der Waals surface area contributed by atoms with Gasteiger partial charge in [0.25, 0.3) is 10.1 Å². The lowest BCUT2D eigenvalue weighted by Gasteiger charge is -2.10. The summed E-state index contributed by atoms with van der Waals surface area (Å²) in [6.07, 6.45) is 17.0. The minimum atomic E-state index is -4.51. The first-order chi connectivity index (χ1) is 15.4. The molecule has 0 aliphatic rings. The van der Waals surface area contributed by atoms with Gasteiger partial charge >= 0.3 is 0 Å². The van der Waals surface area contributed by atoms with Gasteiger partial charge in [0, 0.05) is 0 Å². The Kier molecular flexibility index (Phi) is 11.6. The van der Waals surface area contributed by atoms with Crippen molar-refractivity contribution in [2.24, 2.45) is 0 Å². The van der Waals surface area contributed by atoms with Gasteiger partial charge in [0.15, 0.2) is 11.5 Å². The van der Waals surface area contributed by atoms with Gasteiger partial charge in [-0.05, 0) is 42.7 Å². The van der Waals surface area contributed by atoms with Gasteiger partial charge in [-0.25, -0.2) is 0 Å². The van der Waals surface area contributed by atoms with Gasteiger partial charge in [-0.15, -0.1) is 0 Å². The summed E-state index contributed by atoms with van der Waals surface area (Å²) in [4.78, 5) is -0.571. The molecule has 2 aromatic carbocycles. The number of benzene rings is 2. The predicted molar refractivity (Wildman–Crippen MR) is 129 cm³/mol. The van der Waals surface area contributed by atoms with E-state index in [2.05, 4.69) is 6.92 Å². The molecule has 5 nitrogen and oxygen atoms in total. The van der Waals surface area contributed by atoms with Crippen LogP contribution in [0.1, 0.15) is 89.5 Å². The number of ether oxygens (including phenoxy) is 1. The van der Waals surface area contributed by atoms with Gasteiger partial charge in [-0.2, -0.15) is 8.42 Å². The number of aromatic hydroxyl groups is 1. The summed E-state index contributed by atoms with van der Waals surface area (Å²) in [6, 6.07) is 11.5. The van der Waals surface area contributed by atoms with E-state index in [-0.39, 0.29) is 5.75 Å². The second kappa shape index (κ2) is 14.2. The maximum atomic E-state index is 11.3. The first-order valence-electron chi connectivity index (χ1n) is 12.0. The number of rotatable bonds is 16. The molecule has 0 aliphatic carbocycles. The normalized spacial score (nSPS) is 11.6. The van der Waals surface area contributed by atoms with Crippen LogP contribution >= 0.6 is 0 Å². The third-order valence-corrected chi connectivity index (χ3v) is 6.60. The van der Waals surface area contributed by atoms with Crippen LogP contribution in [0.5, 0.6) is 17.2 Å². The van der Waals surface area contributed by atoms with E-state index in [1.54, 1.807) is 12.1 Å². The molecule has 0 amide bonds. The predicted octanol–water partition coefficient (Wildman–Crippen LogP) is 7.67. The zero-order valence-electron chi connectivity index (χ0n) is 19.3. The standard InChI is InChI=1S/C26H38O5S/c1-2-3-4-5-6-7-8-9-10-11-12-13-15-22-18-20-23(21-19-22)31-24-16-14-17-25(26(24)27)32(28,29)30/h14,16-21,27H,2-13,15H2,1H3,(H,28,29,30). The highest BCUT2D eigenvalue weighted by molar-refractivity contribution is 7.86. The number of hydrogen-bond acceptors (Lipinski definition) is 4. The van der Waals surface area contributed by atoms with Crippen LogP contribution in [0.2, 0.25) is 0 Å². The molecule has 0 atom stereocenters. The molecule has 0 spiro atoms. The molecule has 0 aliphatic heterocycles. The Labute approximate surface area is 193 Å². The first kappa shape index (κ1) is 26.2. The molecule has 0 saturated heterocycles.